The largest absolute Gasteiger partial charge is 0.478 e. The second kappa shape index (κ2) is 10.2. The van der Waals surface area contributed by atoms with Crippen LogP contribution in [0.25, 0.3) is 42.4 Å². The number of hydrogen-bond acceptors (Lipinski definition) is 6. The van der Waals surface area contributed by atoms with Crippen molar-refractivity contribution < 1.29 is 9.90 Å². The molecule has 4 nitrogen and oxygen atoms in total. The smallest absolute Gasteiger partial charge is 0.335 e. The Kier molecular flexibility index (Phi) is 6.85. The SMILES string of the molecule is CCCCCCc1cc(-c2ccc(-c3cccs3)c3nsnc23)sc1-c1ccc(C(=O)O)cc1. The van der Waals surface area contributed by atoms with Crippen molar-refractivity contribution in [3.8, 4) is 31.3 Å². The Morgan fingerprint density at radius 1 is 0.912 bits per heavy atom. The van der Waals surface area contributed by atoms with E-state index in [2.05, 4.69) is 51.4 Å². The van der Waals surface area contributed by atoms with Crippen LogP contribution in [0.15, 0.2) is 60.0 Å². The molecule has 34 heavy (non-hydrogen) atoms. The first-order chi connectivity index (χ1) is 16.7. The maximum absolute atomic E-state index is 11.3. The van der Waals surface area contributed by atoms with Crippen molar-refractivity contribution in [2.45, 2.75) is 39.0 Å². The highest BCUT2D eigenvalue weighted by atomic mass is 32.1. The van der Waals surface area contributed by atoms with Crippen LogP contribution in [0.5, 0.6) is 0 Å². The third-order valence-corrected chi connectivity index (χ3v) is 8.66. The van der Waals surface area contributed by atoms with Crippen molar-refractivity contribution in [2.24, 2.45) is 0 Å². The van der Waals surface area contributed by atoms with Gasteiger partial charge in [0.15, 0.2) is 0 Å². The van der Waals surface area contributed by atoms with E-state index in [-0.39, 0.29) is 0 Å². The number of aromatic nitrogens is 2. The Bertz CT molecular complexity index is 1420. The fraction of sp³-hybridized carbons (Fsp3) is 0.222. The average molecular weight is 505 g/mol. The molecule has 3 aromatic heterocycles. The van der Waals surface area contributed by atoms with Crippen molar-refractivity contribution in [1.82, 2.24) is 8.75 Å². The lowest BCUT2D eigenvalue weighted by Gasteiger charge is -2.05. The molecule has 0 spiro atoms. The molecule has 0 fully saturated rings. The minimum atomic E-state index is -0.900. The molecule has 2 aromatic carbocycles. The highest BCUT2D eigenvalue weighted by Gasteiger charge is 2.18. The third-order valence-electron chi connectivity index (χ3n) is 5.97. The van der Waals surface area contributed by atoms with E-state index >= 15 is 0 Å². The molecule has 172 valence electrons. The zero-order chi connectivity index (χ0) is 23.5. The van der Waals surface area contributed by atoms with E-state index < -0.39 is 5.97 Å². The summed E-state index contributed by atoms with van der Waals surface area (Å²) in [7, 11) is 0. The molecule has 0 unspecified atom stereocenters. The molecule has 0 amide bonds. The molecule has 3 heterocycles. The van der Waals surface area contributed by atoms with Gasteiger partial charge >= 0.3 is 5.97 Å². The number of unbranched alkanes of at least 4 members (excludes halogenated alkanes) is 3. The summed E-state index contributed by atoms with van der Waals surface area (Å²) in [5.74, 6) is -0.900. The topological polar surface area (TPSA) is 63.1 Å². The summed E-state index contributed by atoms with van der Waals surface area (Å²) in [6.45, 7) is 2.23. The van der Waals surface area contributed by atoms with Crippen molar-refractivity contribution in [3.05, 3.63) is 71.1 Å². The lowest BCUT2D eigenvalue weighted by molar-refractivity contribution is 0.0697. The van der Waals surface area contributed by atoms with Gasteiger partial charge in [-0.25, -0.2) is 4.79 Å². The molecular weight excluding hydrogens is 481 g/mol. The number of rotatable bonds is 9. The number of nitrogens with zero attached hydrogens (tertiary/aromatic N) is 2. The lowest BCUT2D eigenvalue weighted by atomic mass is 10.0. The number of fused-ring (bicyclic) bond motifs is 1. The number of thiophene rings is 2. The van der Waals surface area contributed by atoms with Gasteiger partial charge < -0.3 is 5.11 Å². The highest BCUT2D eigenvalue weighted by Crippen LogP contribution is 2.43. The van der Waals surface area contributed by atoms with Crippen LogP contribution in [0.3, 0.4) is 0 Å². The Balaban J connectivity index is 1.57. The van der Waals surface area contributed by atoms with Gasteiger partial charge in [0.25, 0.3) is 0 Å². The summed E-state index contributed by atoms with van der Waals surface area (Å²) >= 11 is 4.73. The van der Waals surface area contributed by atoms with E-state index in [4.69, 9.17) is 0 Å². The van der Waals surface area contributed by atoms with Crippen LogP contribution >= 0.6 is 34.4 Å². The first-order valence-corrected chi connectivity index (χ1v) is 13.8. The second-order valence-corrected chi connectivity index (χ2v) is 10.8. The molecule has 0 bridgehead atoms. The molecule has 5 rings (SSSR count). The Morgan fingerprint density at radius 2 is 1.65 bits per heavy atom. The summed E-state index contributed by atoms with van der Waals surface area (Å²) in [6, 6.07) is 18.0. The first kappa shape index (κ1) is 22.9. The van der Waals surface area contributed by atoms with E-state index in [0.29, 0.717) is 5.56 Å². The van der Waals surface area contributed by atoms with Gasteiger partial charge in [0.1, 0.15) is 11.0 Å². The van der Waals surface area contributed by atoms with E-state index in [9.17, 15) is 9.90 Å². The second-order valence-electron chi connectivity index (χ2n) is 8.26. The predicted octanol–water partition coefficient (Wildman–Crippen LogP) is 8.64. The van der Waals surface area contributed by atoms with Gasteiger partial charge in [-0.3, -0.25) is 0 Å². The van der Waals surface area contributed by atoms with Crippen molar-refractivity contribution in [1.29, 1.82) is 0 Å². The van der Waals surface area contributed by atoms with Gasteiger partial charge in [0, 0.05) is 25.8 Å². The first-order valence-electron chi connectivity index (χ1n) is 11.4. The number of aromatic carboxylic acids is 1. The molecule has 0 saturated carbocycles. The molecule has 0 radical (unpaired) electrons. The molecule has 0 aliphatic heterocycles. The number of carbonyl (C=O) groups is 1. The predicted molar refractivity (Wildman–Crippen MR) is 144 cm³/mol. The minimum Gasteiger partial charge on any atom is -0.478 e. The third kappa shape index (κ3) is 4.56. The molecule has 7 heteroatoms. The van der Waals surface area contributed by atoms with Crippen molar-refractivity contribution >= 4 is 51.4 Å². The van der Waals surface area contributed by atoms with Crippen LogP contribution in [-0.4, -0.2) is 19.8 Å². The van der Waals surface area contributed by atoms with Gasteiger partial charge in [-0.05, 0) is 53.6 Å². The van der Waals surface area contributed by atoms with Gasteiger partial charge in [-0.15, -0.1) is 22.7 Å². The molecule has 0 aliphatic carbocycles. The van der Waals surface area contributed by atoms with Crippen LogP contribution in [-0.2, 0) is 6.42 Å². The van der Waals surface area contributed by atoms with Gasteiger partial charge in [-0.1, -0.05) is 56.5 Å². The maximum atomic E-state index is 11.3. The Labute approximate surface area is 210 Å². The molecule has 1 N–H and O–H groups in total. The number of carboxylic acid groups (broad SMARTS) is 1. The van der Waals surface area contributed by atoms with Gasteiger partial charge in [0.05, 0.1) is 17.3 Å². The summed E-state index contributed by atoms with van der Waals surface area (Å²) in [4.78, 5) is 14.9. The van der Waals surface area contributed by atoms with E-state index in [0.717, 1.165) is 40.6 Å². The average Bonchev–Trinajstić information content (AvgIpc) is 3.62. The van der Waals surface area contributed by atoms with Crippen LogP contribution in [0.4, 0.5) is 0 Å². The lowest BCUT2D eigenvalue weighted by Crippen LogP contribution is -1.95. The standard InChI is InChI=1S/C27H24N2O2S3/c1-2-3-4-5-7-19-16-23(33-26(19)17-9-11-18(12-10-17)27(30)31)21-14-13-20(22-8-6-15-32-22)24-25(21)29-34-28-24/h6,8-16H,2-5,7H2,1H3,(H,30,31). The minimum absolute atomic E-state index is 0.310. The summed E-state index contributed by atoms with van der Waals surface area (Å²) in [6.07, 6.45) is 5.83. The molecule has 0 saturated heterocycles. The van der Waals surface area contributed by atoms with Crippen LogP contribution < -0.4 is 0 Å². The van der Waals surface area contributed by atoms with Crippen molar-refractivity contribution in [3.63, 3.8) is 0 Å². The molecular formula is C27H24N2O2S3. The summed E-state index contributed by atoms with van der Waals surface area (Å²) < 4.78 is 9.30. The zero-order valence-electron chi connectivity index (χ0n) is 18.8. The van der Waals surface area contributed by atoms with Gasteiger partial charge in [-0.2, -0.15) is 8.75 Å². The van der Waals surface area contributed by atoms with Crippen LogP contribution in [0, 0.1) is 0 Å². The number of hydrogen-bond donors (Lipinski definition) is 1. The van der Waals surface area contributed by atoms with Crippen LogP contribution in [0.2, 0.25) is 0 Å². The number of aryl methyl sites for hydroxylation is 1. The fourth-order valence-electron chi connectivity index (χ4n) is 4.19. The Hall–Kier alpha value is -2.87. The van der Waals surface area contributed by atoms with Crippen molar-refractivity contribution in [2.75, 3.05) is 0 Å². The van der Waals surface area contributed by atoms with E-state index in [1.54, 1.807) is 34.8 Å². The van der Waals surface area contributed by atoms with E-state index in [1.165, 1.54) is 51.2 Å². The monoisotopic (exact) mass is 504 g/mol. The van der Waals surface area contributed by atoms with Gasteiger partial charge in [0.2, 0.25) is 0 Å². The fourth-order valence-corrected chi connectivity index (χ4v) is 6.76. The normalized spacial score (nSPS) is 11.3. The number of benzene rings is 2. The zero-order valence-corrected chi connectivity index (χ0v) is 21.2. The molecule has 0 aliphatic rings. The van der Waals surface area contributed by atoms with E-state index in [1.807, 2.05) is 12.1 Å². The number of carboxylic acids is 1. The van der Waals surface area contributed by atoms with Crippen LogP contribution in [0.1, 0.15) is 48.5 Å². The molecule has 0 atom stereocenters. The maximum Gasteiger partial charge on any atom is 0.335 e. The highest BCUT2D eigenvalue weighted by molar-refractivity contribution is 7.19. The quantitative estimate of drug-likeness (QED) is 0.204. The molecule has 5 aromatic rings. The summed E-state index contributed by atoms with van der Waals surface area (Å²) in [5, 5.41) is 11.4. The Morgan fingerprint density at radius 3 is 2.29 bits per heavy atom. The summed E-state index contributed by atoms with van der Waals surface area (Å²) in [5.41, 5.74) is 6.83.